The van der Waals surface area contributed by atoms with E-state index >= 15 is 0 Å². The molecule has 2 heterocycles. The van der Waals surface area contributed by atoms with Crippen LogP contribution in [0, 0.1) is 6.92 Å². The van der Waals surface area contributed by atoms with Crippen molar-refractivity contribution in [2.24, 2.45) is 0 Å². The quantitative estimate of drug-likeness (QED) is 0.810. The Morgan fingerprint density at radius 3 is 2.83 bits per heavy atom. The number of hydrogen-bond donors (Lipinski definition) is 1. The van der Waals surface area contributed by atoms with Crippen molar-refractivity contribution in [1.82, 2.24) is 14.8 Å². The molecule has 24 heavy (non-hydrogen) atoms. The molecule has 0 bridgehead atoms. The first-order valence-electron chi connectivity index (χ1n) is 8.86. The topological polar surface area (TPSA) is 63.6 Å². The molecule has 0 spiro atoms. The molecule has 6 nitrogen and oxygen atoms in total. The van der Waals surface area contributed by atoms with Crippen LogP contribution in [-0.2, 0) is 11.3 Å². The predicted molar refractivity (Wildman–Crippen MR) is 94.3 cm³/mol. The number of urea groups is 1. The number of pyridine rings is 1. The third kappa shape index (κ3) is 5.09. The second-order valence-corrected chi connectivity index (χ2v) is 6.48. The number of nitrogens with zero attached hydrogens (tertiary/aromatic N) is 2. The lowest BCUT2D eigenvalue weighted by atomic mass is 10.2. The third-order valence-electron chi connectivity index (χ3n) is 4.42. The molecule has 0 aliphatic carbocycles. The molecular weight excluding hydrogens is 306 g/mol. The summed E-state index contributed by atoms with van der Waals surface area (Å²) in [7, 11) is 0. The van der Waals surface area contributed by atoms with Crippen molar-refractivity contribution in [2.75, 3.05) is 19.6 Å². The predicted octanol–water partition coefficient (Wildman–Crippen LogP) is 2.15. The van der Waals surface area contributed by atoms with Crippen LogP contribution in [0.15, 0.2) is 23.0 Å². The Bertz CT molecular complexity index is 599. The molecule has 1 N–H and O–H groups in total. The lowest BCUT2D eigenvalue weighted by molar-refractivity contribution is -0.0646. The van der Waals surface area contributed by atoms with Crippen LogP contribution in [-0.4, -0.2) is 47.3 Å². The van der Waals surface area contributed by atoms with Gasteiger partial charge >= 0.3 is 6.03 Å². The van der Waals surface area contributed by atoms with Gasteiger partial charge in [-0.1, -0.05) is 13.0 Å². The maximum atomic E-state index is 12.3. The molecule has 1 fully saturated rings. The number of carbonyl (C=O) groups is 1. The highest BCUT2D eigenvalue weighted by molar-refractivity contribution is 5.74. The van der Waals surface area contributed by atoms with Crippen molar-refractivity contribution in [1.29, 1.82) is 0 Å². The van der Waals surface area contributed by atoms with Crippen LogP contribution in [0.3, 0.4) is 0 Å². The first-order valence-corrected chi connectivity index (χ1v) is 8.86. The minimum atomic E-state index is -0.0170. The number of rotatable bonds is 6. The van der Waals surface area contributed by atoms with Gasteiger partial charge in [-0.3, -0.25) is 4.79 Å². The van der Waals surface area contributed by atoms with Gasteiger partial charge in [0.25, 0.3) is 5.56 Å². The summed E-state index contributed by atoms with van der Waals surface area (Å²) >= 11 is 0. The Kier molecular flexibility index (Phi) is 6.85. The molecular formula is C18H29N3O3. The maximum absolute atomic E-state index is 12.3. The third-order valence-corrected chi connectivity index (χ3v) is 4.42. The first kappa shape index (κ1) is 18.5. The number of hydrogen-bond acceptors (Lipinski definition) is 3. The van der Waals surface area contributed by atoms with Crippen LogP contribution in [0.5, 0.6) is 0 Å². The molecule has 1 aromatic rings. The fourth-order valence-corrected chi connectivity index (χ4v) is 3.05. The molecule has 134 valence electrons. The van der Waals surface area contributed by atoms with Gasteiger partial charge in [0, 0.05) is 37.9 Å². The number of carbonyl (C=O) groups excluding carboxylic acids is 1. The number of morpholine rings is 1. The zero-order valence-corrected chi connectivity index (χ0v) is 15.0. The summed E-state index contributed by atoms with van der Waals surface area (Å²) in [6, 6.07) is 5.28. The molecule has 2 atom stereocenters. The van der Waals surface area contributed by atoms with E-state index in [1.165, 1.54) is 0 Å². The second kappa shape index (κ2) is 8.87. The van der Waals surface area contributed by atoms with E-state index in [9.17, 15) is 9.59 Å². The van der Waals surface area contributed by atoms with E-state index in [2.05, 4.69) is 12.2 Å². The summed E-state index contributed by atoms with van der Waals surface area (Å²) < 4.78 is 7.55. The number of ether oxygens (including phenoxy) is 1. The monoisotopic (exact) mass is 335 g/mol. The molecule has 2 rings (SSSR count). The van der Waals surface area contributed by atoms with Crippen LogP contribution in [0.25, 0.3) is 0 Å². The zero-order valence-electron chi connectivity index (χ0n) is 15.0. The molecule has 0 radical (unpaired) electrons. The van der Waals surface area contributed by atoms with Crippen molar-refractivity contribution >= 4 is 6.03 Å². The summed E-state index contributed by atoms with van der Waals surface area (Å²) in [5, 5.41) is 2.98. The van der Waals surface area contributed by atoms with Crippen LogP contribution in [0.1, 0.15) is 38.8 Å². The largest absolute Gasteiger partial charge is 0.372 e. The lowest BCUT2D eigenvalue weighted by Gasteiger charge is -2.36. The van der Waals surface area contributed by atoms with E-state index < -0.39 is 0 Å². The van der Waals surface area contributed by atoms with Gasteiger partial charge in [-0.05, 0) is 39.2 Å². The molecule has 2 amide bonds. The normalized spacial score (nSPS) is 20.9. The number of nitrogens with one attached hydrogen (secondary N) is 1. The fourth-order valence-electron chi connectivity index (χ4n) is 3.05. The van der Waals surface area contributed by atoms with Crippen molar-refractivity contribution in [3.8, 4) is 0 Å². The first-order chi connectivity index (χ1) is 11.5. The minimum Gasteiger partial charge on any atom is -0.372 e. The Morgan fingerprint density at radius 1 is 1.33 bits per heavy atom. The van der Waals surface area contributed by atoms with Gasteiger partial charge in [-0.15, -0.1) is 0 Å². The number of unbranched alkanes of at least 4 members (excludes halogenated alkanes) is 1. The molecule has 1 aliphatic rings. The van der Waals surface area contributed by atoms with Gasteiger partial charge in [0.1, 0.15) is 0 Å². The van der Waals surface area contributed by atoms with E-state index in [1.807, 2.05) is 24.8 Å². The van der Waals surface area contributed by atoms with Gasteiger partial charge in [0.05, 0.1) is 12.2 Å². The maximum Gasteiger partial charge on any atom is 0.317 e. The van der Waals surface area contributed by atoms with Crippen LogP contribution in [0.4, 0.5) is 4.79 Å². The highest BCUT2D eigenvalue weighted by Crippen LogP contribution is 2.13. The van der Waals surface area contributed by atoms with E-state index in [4.69, 9.17) is 4.74 Å². The number of amides is 2. The highest BCUT2D eigenvalue weighted by Gasteiger charge is 2.26. The summed E-state index contributed by atoms with van der Waals surface area (Å²) in [4.78, 5) is 25.9. The van der Waals surface area contributed by atoms with Crippen molar-refractivity contribution in [2.45, 2.75) is 58.8 Å². The molecule has 0 saturated carbocycles. The Hall–Kier alpha value is -1.82. The summed E-state index contributed by atoms with van der Waals surface area (Å²) in [6.45, 7) is 8.63. The van der Waals surface area contributed by atoms with Crippen LogP contribution < -0.4 is 10.9 Å². The summed E-state index contributed by atoms with van der Waals surface area (Å²) in [5.74, 6) is 0. The lowest BCUT2D eigenvalue weighted by Crippen LogP contribution is -2.52. The fraction of sp³-hybridized carbons (Fsp3) is 0.667. The summed E-state index contributed by atoms with van der Waals surface area (Å²) in [5.41, 5.74) is 1.01. The molecule has 1 aromatic heterocycles. The Morgan fingerprint density at radius 2 is 2.12 bits per heavy atom. The van der Waals surface area contributed by atoms with Gasteiger partial charge in [0.15, 0.2) is 0 Å². The average Bonchev–Trinajstić information content (AvgIpc) is 2.56. The second-order valence-electron chi connectivity index (χ2n) is 6.48. The van der Waals surface area contributed by atoms with E-state index in [-0.39, 0.29) is 23.8 Å². The van der Waals surface area contributed by atoms with E-state index in [1.54, 1.807) is 16.7 Å². The van der Waals surface area contributed by atoms with Gasteiger partial charge in [-0.25, -0.2) is 4.79 Å². The van der Waals surface area contributed by atoms with Crippen molar-refractivity contribution < 1.29 is 9.53 Å². The molecule has 1 saturated heterocycles. The standard InChI is InChI=1S/C18H29N3O3/c1-4-16-13-20(12-15(3)24-16)18(23)19-10-5-6-11-21-14(2)8-7-9-17(21)22/h7-9,15-16H,4-6,10-13H2,1-3H3,(H,19,23)/t15-,16-/m1/s1. The van der Waals surface area contributed by atoms with Crippen molar-refractivity contribution in [3.63, 3.8) is 0 Å². The van der Waals surface area contributed by atoms with Crippen LogP contribution in [0.2, 0.25) is 0 Å². The SMILES string of the molecule is CC[C@@H]1CN(C(=O)NCCCCn2c(C)cccc2=O)C[C@@H](C)O1. The molecule has 0 unspecified atom stereocenters. The van der Waals surface area contributed by atoms with E-state index in [0.29, 0.717) is 26.2 Å². The number of aryl methyl sites for hydroxylation is 1. The van der Waals surface area contributed by atoms with Gasteiger partial charge < -0.3 is 19.5 Å². The Labute approximate surface area is 143 Å². The summed E-state index contributed by atoms with van der Waals surface area (Å²) in [6.07, 6.45) is 2.85. The smallest absolute Gasteiger partial charge is 0.317 e. The Balaban J connectivity index is 1.70. The zero-order chi connectivity index (χ0) is 17.5. The molecule has 6 heteroatoms. The van der Waals surface area contributed by atoms with Gasteiger partial charge in [0.2, 0.25) is 0 Å². The van der Waals surface area contributed by atoms with Crippen molar-refractivity contribution in [3.05, 3.63) is 34.2 Å². The number of aromatic nitrogens is 1. The molecule has 0 aromatic carbocycles. The highest BCUT2D eigenvalue weighted by atomic mass is 16.5. The average molecular weight is 335 g/mol. The molecule has 1 aliphatic heterocycles. The van der Waals surface area contributed by atoms with Gasteiger partial charge in [-0.2, -0.15) is 0 Å². The van der Waals surface area contributed by atoms with Crippen LogP contribution >= 0.6 is 0 Å². The minimum absolute atomic E-state index is 0.0170. The van der Waals surface area contributed by atoms with E-state index in [0.717, 1.165) is 25.0 Å².